The zero-order valence-corrected chi connectivity index (χ0v) is 16.0. The smallest absolute Gasteiger partial charge is 0.166 e. The van der Waals surface area contributed by atoms with Crippen LogP contribution in [0.3, 0.4) is 0 Å². The van der Waals surface area contributed by atoms with Gasteiger partial charge in [0, 0.05) is 23.5 Å². The molecule has 5 nitrogen and oxygen atoms in total. The van der Waals surface area contributed by atoms with Crippen LogP contribution in [0.5, 0.6) is 0 Å². The summed E-state index contributed by atoms with van der Waals surface area (Å²) in [6, 6.07) is 5.87. The van der Waals surface area contributed by atoms with Crippen LogP contribution < -0.4 is 0 Å². The van der Waals surface area contributed by atoms with Gasteiger partial charge >= 0.3 is 0 Å². The fourth-order valence-corrected chi connectivity index (χ4v) is 4.58. The van der Waals surface area contributed by atoms with Crippen LogP contribution in [-0.2, 0) is 6.42 Å². The maximum absolute atomic E-state index is 13.0. The topological polar surface area (TPSA) is 66.6 Å². The first kappa shape index (κ1) is 19.3. The molecule has 1 saturated heterocycles. The summed E-state index contributed by atoms with van der Waals surface area (Å²) in [4.78, 5) is 15.0. The Morgan fingerprint density at radius 1 is 1.21 bits per heavy atom. The molecule has 0 bridgehead atoms. The molecule has 1 fully saturated rings. The largest absolute Gasteiger partial charge is 0.388 e. The van der Waals surface area contributed by atoms with Gasteiger partial charge in [-0.05, 0) is 81.9 Å². The van der Waals surface area contributed by atoms with Crippen LogP contribution in [0.25, 0.3) is 0 Å². The lowest BCUT2D eigenvalue weighted by Gasteiger charge is -2.32. The number of fused-ring (bicyclic) bond motifs is 1. The highest BCUT2D eigenvalue weighted by Crippen LogP contribution is 2.36. The lowest BCUT2D eigenvalue weighted by Crippen LogP contribution is -2.37. The second-order valence-corrected chi connectivity index (χ2v) is 8.08. The Morgan fingerprint density at radius 3 is 2.71 bits per heavy atom. The van der Waals surface area contributed by atoms with E-state index in [2.05, 4.69) is 10.1 Å². The first-order chi connectivity index (χ1) is 13.6. The highest BCUT2D eigenvalue weighted by atomic mass is 19.1. The van der Waals surface area contributed by atoms with Crippen molar-refractivity contribution in [3.05, 3.63) is 53.2 Å². The SMILES string of the molecule is O=C(c1ccc(F)cc1)C1CCN(CCCC2CCc3oncc3C2O)CC1. The van der Waals surface area contributed by atoms with E-state index < -0.39 is 6.10 Å². The molecular weight excluding hydrogens is 359 g/mol. The number of ketones is 1. The molecule has 2 aromatic rings. The number of rotatable bonds is 6. The van der Waals surface area contributed by atoms with Gasteiger partial charge in [0.2, 0.25) is 0 Å². The summed E-state index contributed by atoms with van der Waals surface area (Å²) in [5, 5.41) is 14.3. The van der Waals surface area contributed by atoms with Gasteiger partial charge in [-0.1, -0.05) is 5.16 Å². The zero-order valence-electron chi connectivity index (χ0n) is 16.0. The van der Waals surface area contributed by atoms with Crippen molar-refractivity contribution in [1.82, 2.24) is 10.1 Å². The van der Waals surface area contributed by atoms with E-state index in [1.54, 1.807) is 18.3 Å². The molecule has 0 amide bonds. The molecule has 2 atom stereocenters. The molecule has 1 aromatic heterocycles. The summed E-state index contributed by atoms with van der Waals surface area (Å²) in [5.41, 5.74) is 1.47. The summed E-state index contributed by atoms with van der Waals surface area (Å²) >= 11 is 0. The van der Waals surface area contributed by atoms with Crippen molar-refractivity contribution in [3.8, 4) is 0 Å². The zero-order chi connectivity index (χ0) is 19.5. The quantitative estimate of drug-likeness (QED) is 0.765. The van der Waals surface area contributed by atoms with Gasteiger partial charge in [0.1, 0.15) is 11.6 Å². The minimum Gasteiger partial charge on any atom is -0.388 e. The summed E-state index contributed by atoms with van der Waals surface area (Å²) in [7, 11) is 0. The number of piperidine rings is 1. The molecule has 28 heavy (non-hydrogen) atoms. The fraction of sp³-hybridized carbons (Fsp3) is 0.545. The highest BCUT2D eigenvalue weighted by Gasteiger charge is 2.31. The number of likely N-dealkylation sites (tertiary alicyclic amines) is 1. The summed E-state index contributed by atoms with van der Waals surface area (Å²) in [6.07, 6.45) is 6.72. The average Bonchev–Trinajstić information content (AvgIpc) is 3.20. The molecule has 0 spiro atoms. The molecule has 1 aliphatic heterocycles. The Balaban J connectivity index is 1.20. The number of carbonyl (C=O) groups is 1. The van der Waals surface area contributed by atoms with E-state index in [4.69, 9.17) is 4.52 Å². The van der Waals surface area contributed by atoms with Gasteiger partial charge in [-0.15, -0.1) is 0 Å². The van der Waals surface area contributed by atoms with E-state index in [-0.39, 0.29) is 23.4 Å². The van der Waals surface area contributed by atoms with Crippen molar-refractivity contribution in [2.45, 2.75) is 44.6 Å². The monoisotopic (exact) mass is 386 g/mol. The van der Waals surface area contributed by atoms with Gasteiger partial charge in [0.05, 0.1) is 12.3 Å². The lowest BCUT2D eigenvalue weighted by atomic mass is 9.82. The van der Waals surface area contributed by atoms with E-state index in [9.17, 15) is 14.3 Å². The molecule has 2 unspecified atom stereocenters. The Morgan fingerprint density at radius 2 is 1.96 bits per heavy atom. The number of benzene rings is 1. The molecule has 6 heteroatoms. The molecule has 2 heterocycles. The fourth-order valence-electron chi connectivity index (χ4n) is 4.58. The molecule has 0 saturated carbocycles. The Kier molecular flexibility index (Phi) is 5.87. The van der Waals surface area contributed by atoms with Gasteiger partial charge in [-0.2, -0.15) is 0 Å². The minimum atomic E-state index is -0.464. The number of aliphatic hydroxyl groups excluding tert-OH is 1. The molecule has 2 aliphatic rings. The van der Waals surface area contributed by atoms with Crippen LogP contribution >= 0.6 is 0 Å². The Bertz CT molecular complexity index is 796. The standard InChI is InChI=1S/C22H27FN2O3/c23-18-6-3-16(4-7-18)21(26)17-9-12-25(13-10-17)11-1-2-15-5-8-20-19(22(15)27)14-24-28-20/h3-4,6-7,14-15,17,22,27H,1-2,5,8-13H2. The molecular formula is C22H27FN2O3. The van der Waals surface area contributed by atoms with Crippen LogP contribution in [0.1, 0.15) is 59.9 Å². The van der Waals surface area contributed by atoms with E-state index in [0.29, 0.717) is 5.56 Å². The number of carbonyl (C=O) groups excluding carboxylic acids is 1. The third kappa shape index (κ3) is 4.18. The van der Waals surface area contributed by atoms with Gasteiger partial charge in [0.15, 0.2) is 5.78 Å². The van der Waals surface area contributed by atoms with E-state index in [1.165, 1.54) is 12.1 Å². The van der Waals surface area contributed by atoms with Crippen molar-refractivity contribution >= 4 is 5.78 Å². The molecule has 1 aromatic carbocycles. The van der Waals surface area contributed by atoms with Crippen molar-refractivity contribution in [3.63, 3.8) is 0 Å². The van der Waals surface area contributed by atoms with E-state index >= 15 is 0 Å². The predicted molar refractivity (Wildman–Crippen MR) is 102 cm³/mol. The first-order valence-electron chi connectivity index (χ1n) is 10.3. The van der Waals surface area contributed by atoms with Crippen molar-refractivity contribution in [2.75, 3.05) is 19.6 Å². The maximum atomic E-state index is 13.0. The lowest BCUT2D eigenvalue weighted by molar-refractivity contribution is 0.0762. The van der Waals surface area contributed by atoms with Gasteiger partial charge in [0.25, 0.3) is 0 Å². The molecule has 1 N–H and O–H groups in total. The average molecular weight is 386 g/mol. The number of aromatic nitrogens is 1. The third-order valence-electron chi connectivity index (χ3n) is 6.32. The number of hydrogen-bond donors (Lipinski definition) is 1. The summed E-state index contributed by atoms with van der Waals surface area (Å²) < 4.78 is 18.2. The number of Topliss-reactive ketones (excluding diaryl/α,β-unsaturated/α-hetero) is 1. The van der Waals surface area contributed by atoms with E-state index in [0.717, 1.165) is 69.5 Å². The van der Waals surface area contributed by atoms with Gasteiger partial charge in [-0.25, -0.2) is 4.39 Å². The van der Waals surface area contributed by atoms with Crippen molar-refractivity contribution < 1.29 is 18.8 Å². The van der Waals surface area contributed by atoms with Gasteiger partial charge in [-0.3, -0.25) is 4.79 Å². The van der Waals surface area contributed by atoms with Crippen LogP contribution in [0.15, 0.2) is 35.0 Å². The molecule has 1 aliphatic carbocycles. The third-order valence-corrected chi connectivity index (χ3v) is 6.32. The number of aliphatic hydroxyl groups is 1. The number of halogens is 1. The second kappa shape index (κ2) is 8.53. The van der Waals surface area contributed by atoms with Crippen LogP contribution in [0.2, 0.25) is 0 Å². The van der Waals surface area contributed by atoms with E-state index in [1.807, 2.05) is 0 Å². The van der Waals surface area contributed by atoms with Crippen LogP contribution in [-0.4, -0.2) is 40.6 Å². The highest BCUT2D eigenvalue weighted by molar-refractivity contribution is 5.97. The Labute approximate surface area is 164 Å². The number of hydrogen-bond acceptors (Lipinski definition) is 5. The maximum Gasteiger partial charge on any atom is 0.166 e. The predicted octanol–water partition coefficient (Wildman–Crippen LogP) is 3.78. The molecule has 150 valence electrons. The minimum absolute atomic E-state index is 0.0360. The molecule has 4 rings (SSSR count). The summed E-state index contributed by atoms with van der Waals surface area (Å²) in [6.45, 7) is 2.83. The first-order valence-corrected chi connectivity index (χ1v) is 10.3. The Hall–Kier alpha value is -2.05. The van der Waals surface area contributed by atoms with Crippen molar-refractivity contribution in [2.24, 2.45) is 11.8 Å². The van der Waals surface area contributed by atoms with Crippen molar-refractivity contribution in [1.29, 1.82) is 0 Å². The van der Waals surface area contributed by atoms with Crippen LogP contribution in [0.4, 0.5) is 4.39 Å². The summed E-state index contributed by atoms with van der Waals surface area (Å²) in [5.74, 6) is 0.958. The van der Waals surface area contributed by atoms with Crippen LogP contribution in [0, 0.1) is 17.7 Å². The normalized spacial score (nSPS) is 23.5. The number of aryl methyl sites for hydroxylation is 1. The number of nitrogens with zero attached hydrogens (tertiary/aromatic N) is 2. The second-order valence-electron chi connectivity index (χ2n) is 8.08. The van der Waals surface area contributed by atoms with Gasteiger partial charge < -0.3 is 14.5 Å². The molecule has 0 radical (unpaired) electrons.